The second-order valence-electron chi connectivity index (χ2n) is 5.15. The minimum Gasteiger partial charge on any atom is -0.351 e. The van der Waals surface area contributed by atoms with E-state index in [4.69, 9.17) is 5.73 Å². The third-order valence-corrected chi connectivity index (χ3v) is 3.75. The van der Waals surface area contributed by atoms with Crippen molar-refractivity contribution in [3.8, 4) is 0 Å². The van der Waals surface area contributed by atoms with Gasteiger partial charge in [-0.05, 0) is 32.9 Å². The van der Waals surface area contributed by atoms with E-state index in [9.17, 15) is 4.79 Å². The van der Waals surface area contributed by atoms with Crippen LogP contribution in [0.25, 0.3) is 0 Å². The standard InChI is InChI=1S/C13H28N4O/c1-4-16(5-2)10-11(3)15-12-6-8-17(9-7-12)13(14)18/h11-12,15H,4-10H2,1-3H3,(H2,14,18). The minimum absolute atomic E-state index is 0.287. The molecule has 3 N–H and O–H groups in total. The Bertz CT molecular complexity index is 247. The lowest BCUT2D eigenvalue weighted by atomic mass is 10.0. The van der Waals surface area contributed by atoms with Crippen LogP contribution in [-0.4, -0.2) is 60.6 Å². The van der Waals surface area contributed by atoms with Crippen LogP contribution in [0.3, 0.4) is 0 Å². The number of urea groups is 1. The highest BCUT2D eigenvalue weighted by molar-refractivity contribution is 5.72. The molecule has 1 aliphatic heterocycles. The van der Waals surface area contributed by atoms with Crippen LogP contribution in [0.1, 0.15) is 33.6 Å². The first-order valence-electron chi connectivity index (χ1n) is 7.09. The Labute approximate surface area is 111 Å². The molecule has 0 aromatic rings. The third-order valence-electron chi connectivity index (χ3n) is 3.75. The number of nitrogens with zero attached hydrogens (tertiary/aromatic N) is 2. The summed E-state index contributed by atoms with van der Waals surface area (Å²) in [5.74, 6) is 0. The molecular formula is C13H28N4O. The van der Waals surface area contributed by atoms with E-state index >= 15 is 0 Å². The first-order valence-corrected chi connectivity index (χ1v) is 7.09. The summed E-state index contributed by atoms with van der Waals surface area (Å²) in [6, 6.07) is 0.728. The van der Waals surface area contributed by atoms with Gasteiger partial charge in [0.25, 0.3) is 0 Å². The van der Waals surface area contributed by atoms with Gasteiger partial charge in [-0.1, -0.05) is 13.8 Å². The molecule has 0 saturated carbocycles. The lowest BCUT2D eigenvalue weighted by Gasteiger charge is -2.34. The number of likely N-dealkylation sites (tertiary alicyclic amines) is 1. The Kier molecular flexibility index (Phi) is 6.43. The highest BCUT2D eigenvalue weighted by Crippen LogP contribution is 2.10. The molecule has 1 saturated heterocycles. The molecule has 0 bridgehead atoms. The zero-order valence-corrected chi connectivity index (χ0v) is 12.0. The molecule has 0 aromatic heterocycles. The van der Waals surface area contributed by atoms with E-state index in [1.807, 2.05) is 0 Å². The van der Waals surface area contributed by atoms with Crippen LogP contribution in [-0.2, 0) is 0 Å². The number of hydrogen-bond acceptors (Lipinski definition) is 3. The zero-order chi connectivity index (χ0) is 13.5. The maximum Gasteiger partial charge on any atom is 0.314 e. The molecule has 106 valence electrons. The van der Waals surface area contributed by atoms with Gasteiger partial charge in [0, 0.05) is 31.7 Å². The van der Waals surface area contributed by atoms with E-state index in [1.165, 1.54) is 0 Å². The van der Waals surface area contributed by atoms with Gasteiger partial charge in [0.15, 0.2) is 0 Å². The predicted octanol–water partition coefficient (Wildman–Crippen LogP) is 0.849. The van der Waals surface area contributed by atoms with Crippen molar-refractivity contribution in [2.45, 2.75) is 45.7 Å². The van der Waals surface area contributed by atoms with Crippen LogP contribution in [0.4, 0.5) is 4.79 Å². The van der Waals surface area contributed by atoms with Crippen LogP contribution in [0.5, 0.6) is 0 Å². The van der Waals surface area contributed by atoms with Crippen molar-refractivity contribution < 1.29 is 4.79 Å². The van der Waals surface area contributed by atoms with E-state index in [-0.39, 0.29) is 6.03 Å². The van der Waals surface area contributed by atoms with Crippen LogP contribution >= 0.6 is 0 Å². The van der Waals surface area contributed by atoms with Crippen molar-refractivity contribution in [1.82, 2.24) is 15.1 Å². The minimum atomic E-state index is -0.287. The maximum atomic E-state index is 11.0. The van der Waals surface area contributed by atoms with Crippen LogP contribution in [0.2, 0.25) is 0 Å². The van der Waals surface area contributed by atoms with Gasteiger partial charge in [-0.15, -0.1) is 0 Å². The number of nitrogens with two attached hydrogens (primary N) is 1. The Balaban J connectivity index is 2.25. The fourth-order valence-corrected chi connectivity index (χ4v) is 2.59. The summed E-state index contributed by atoms with van der Waals surface area (Å²) in [5, 5.41) is 3.66. The Hall–Kier alpha value is -0.810. The third kappa shape index (κ3) is 4.82. The molecular weight excluding hydrogens is 228 g/mol. The molecule has 0 aromatic carbocycles. The van der Waals surface area contributed by atoms with Crippen LogP contribution in [0, 0.1) is 0 Å². The molecule has 1 rings (SSSR count). The fraction of sp³-hybridized carbons (Fsp3) is 0.923. The molecule has 5 nitrogen and oxygen atoms in total. The predicted molar refractivity (Wildman–Crippen MR) is 74.6 cm³/mol. The lowest BCUT2D eigenvalue weighted by Crippen LogP contribution is -2.50. The smallest absolute Gasteiger partial charge is 0.314 e. The second-order valence-corrected chi connectivity index (χ2v) is 5.15. The van der Waals surface area contributed by atoms with Gasteiger partial charge >= 0.3 is 6.03 Å². The number of hydrogen-bond donors (Lipinski definition) is 2. The van der Waals surface area contributed by atoms with Gasteiger partial charge in [0.1, 0.15) is 0 Å². The lowest BCUT2D eigenvalue weighted by molar-refractivity contribution is 0.178. The summed E-state index contributed by atoms with van der Waals surface area (Å²) in [6.07, 6.45) is 2.01. The summed E-state index contributed by atoms with van der Waals surface area (Å²) < 4.78 is 0. The zero-order valence-electron chi connectivity index (χ0n) is 12.0. The Morgan fingerprint density at radius 2 is 1.94 bits per heavy atom. The molecule has 5 heteroatoms. The van der Waals surface area contributed by atoms with Crippen molar-refractivity contribution >= 4 is 6.03 Å². The molecule has 1 heterocycles. The van der Waals surface area contributed by atoms with Gasteiger partial charge in [-0.25, -0.2) is 4.79 Å². The number of nitrogens with one attached hydrogen (secondary N) is 1. The molecule has 18 heavy (non-hydrogen) atoms. The van der Waals surface area contributed by atoms with E-state index in [2.05, 4.69) is 31.0 Å². The van der Waals surface area contributed by atoms with Crippen LogP contribution in [0.15, 0.2) is 0 Å². The normalized spacial score (nSPS) is 19.2. The maximum absolute atomic E-state index is 11.0. The van der Waals surface area contributed by atoms with E-state index in [0.29, 0.717) is 12.1 Å². The van der Waals surface area contributed by atoms with Crippen molar-refractivity contribution in [2.24, 2.45) is 5.73 Å². The van der Waals surface area contributed by atoms with Crippen molar-refractivity contribution in [1.29, 1.82) is 0 Å². The summed E-state index contributed by atoms with van der Waals surface area (Å²) >= 11 is 0. The molecule has 2 amide bonds. The van der Waals surface area contributed by atoms with Crippen molar-refractivity contribution in [3.05, 3.63) is 0 Å². The molecule has 1 fully saturated rings. The molecule has 0 spiro atoms. The van der Waals surface area contributed by atoms with Gasteiger partial charge in [0.2, 0.25) is 0 Å². The number of amides is 2. The highest BCUT2D eigenvalue weighted by Gasteiger charge is 2.22. The number of primary amides is 1. The Morgan fingerprint density at radius 1 is 1.39 bits per heavy atom. The topological polar surface area (TPSA) is 61.6 Å². The summed E-state index contributed by atoms with van der Waals surface area (Å²) in [4.78, 5) is 15.2. The molecule has 1 aliphatic rings. The summed E-state index contributed by atoms with van der Waals surface area (Å²) in [7, 11) is 0. The monoisotopic (exact) mass is 256 g/mol. The Morgan fingerprint density at radius 3 is 2.39 bits per heavy atom. The number of carbonyl (C=O) groups is 1. The molecule has 1 unspecified atom stereocenters. The number of rotatable bonds is 6. The van der Waals surface area contributed by atoms with Crippen molar-refractivity contribution in [3.63, 3.8) is 0 Å². The van der Waals surface area contributed by atoms with Gasteiger partial charge in [-0.3, -0.25) is 0 Å². The molecule has 0 aliphatic carbocycles. The number of piperidine rings is 1. The first kappa shape index (κ1) is 15.2. The fourth-order valence-electron chi connectivity index (χ4n) is 2.59. The number of carbonyl (C=O) groups excluding carboxylic acids is 1. The van der Waals surface area contributed by atoms with E-state index in [0.717, 1.165) is 45.6 Å². The average Bonchev–Trinajstić information content (AvgIpc) is 2.36. The first-order chi connectivity index (χ1) is 8.56. The molecule has 0 radical (unpaired) electrons. The second kappa shape index (κ2) is 7.59. The quantitative estimate of drug-likeness (QED) is 0.740. The van der Waals surface area contributed by atoms with E-state index in [1.54, 1.807) is 4.90 Å². The molecule has 1 atom stereocenters. The van der Waals surface area contributed by atoms with Crippen molar-refractivity contribution in [2.75, 3.05) is 32.7 Å². The number of likely N-dealkylation sites (N-methyl/N-ethyl adjacent to an activating group) is 1. The van der Waals surface area contributed by atoms with Crippen LogP contribution < -0.4 is 11.1 Å². The van der Waals surface area contributed by atoms with E-state index < -0.39 is 0 Å². The highest BCUT2D eigenvalue weighted by atomic mass is 16.2. The average molecular weight is 256 g/mol. The van der Waals surface area contributed by atoms with Gasteiger partial charge in [-0.2, -0.15) is 0 Å². The SMILES string of the molecule is CCN(CC)CC(C)NC1CCN(C(N)=O)CC1. The summed E-state index contributed by atoms with van der Waals surface area (Å²) in [6.45, 7) is 11.5. The van der Waals surface area contributed by atoms with Gasteiger partial charge < -0.3 is 20.9 Å². The largest absolute Gasteiger partial charge is 0.351 e. The summed E-state index contributed by atoms with van der Waals surface area (Å²) in [5.41, 5.74) is 5.28. The van der Waals surface area contributed by atoms with Gasteiger partial charge in [0.05, 0.1) is 0 Å².